The average molecular weight is 244 g/mol. The van der Waals surface area contributed by atoms with Crippen molar-refractivity contribution in [3.8, 4) is 0 Å². The maximum Gasteiger partial charge on any atom is 0.0233 e. The number of hydrogen-bond acceptors (Lipinski definition) is 2. The van der Waals surface area contributed by atoms with Crippen LogP contribution in [0.4, 0.5) is 0 Å². The van der Waals surface area contributed by atoms with Gasteiger partial charge in [0.15, 0.2) is 0 Å². The molecule has 0 N–H and O–H groups in total. The molecule has 0 amide bonds. The van der Waals surface area contributed by atoms with Crippen molar-refractivity contribution in [2.75, 3.05) is 26.2 Å². The minimum Gasteiger partial charge on any atom is -0.299 e. The highest BCUT2D eigenvalue weighted by Crippen LogP contribution is 2.16. The van der Waals surface area contributed by atoms with Gasteiger partial charge in [-0.15, -0.1) is 0 Å². The third-order valence-electron chi connectivity index (χ3n) is 4.23. The van der Waals surface area contributed by atoms with E-state index in [0.717, 1.165) is 13.1 Å². The smallest absolute Gasteiger partial charge is 0.0233 e. The molecule has 0 bridgehead atoms. The monoisotopic (exact) mass is 244 g/mol. The van der Waals surface area contributed by atoms with Gasteiger partial charge in [0.25, 0.3) is 0 Å². The number of likely N-dealkylation sites (tertiary alicyclic amines) is 2. The molecule has 2 nitrogen and oxygen atoms in total. The van der Waals surface area contributed by atoms with E-state index in [2.05, 4.69) is 34.1 Å². The highest BCUT2D eigenvalue weighted by atomic mass is 15.1. The Labute approximate surface area is 111 Å². The third-order valence-corrected chi connectivity index (χ3v) is 4.23. The van der Waals surface area contributed by atoms with E-state index in [0.29, 0.717) is 0 Å². The summed E-state index contributed by atoms with van der Waals surface area (Å²) < 4.78 is 0. The van der Waals surface area contributed by atoms with Crippen LogP contribution >= 0.6 is 0 Å². The van der Waals surface area contributed by atoms with Crippen molar-refractivity contribution in [3.63, 3.8) is 0 Å². The number of benzene rings is 1. The zero-order valence-electron chi connectivity index (χ0n) is 11.3. The van der Waals surface area contributed by atoms with E-state index in [9.17, 15) is 0 Å². The van der Waals surface area contributed by atoms with Gasteiger partial charge in [-0.05, 0) is 63.0 Å². The zero-order chi connectivity index (χ0) is 12.2. The van der Waals surface area contributed by atoms with Crippen molar-refractivity contribution < 1.29 is 0 Å². The van der Waals surface area contributed by atoms with E-state index in [-0.39, 0.29) is 0 Å². The molecule has 2 heteroatoms. The van der Waals surface area contributed by atoms with Crippen LogP contribution < -0.4 is 0 Å². The molecule has 2 aliphatic rings. The molecule has 3 rings (SSSR count). The molecule has 1 aromatic rings. The normalized spacial score (nSPS) is 21.8. The Morgan fingerprint density at radius 1 is 0.611 bits per heavy atom. The number of hydrogen-bond donors (Lipinski definition) is 0. The summed E-state index contributed by atoms with van der Waals surface area (Å²) in [6.07, 6.45) is 5.53. The van der Waals surface area contributed by atoms with E-state index in [4.69, 9.17) is 0 Å². The molecule has 98 valence electrons. The molecule has 0 spiro atoms. The highest BCUT2D eigenvalue weighted by molar-refractivity contribution is 5.22. The maximum absolute atomic E-state index is 2.56. The molecule has 0 saturated carbocycles. The van der Waals surface area contributed by atoms with Crippen molar-refractivity contribution in [3.05, 3.63) is 35.4 Å². The second-order valence-corrected chi connectivity index (χ2v) is 5.78. The lowest BCUT2D eigenvalue weighted by Crippen LogP contribution is -2.19. The fourth-order valence-corrected chi connectivity index (χ4v) is 3.15. The van der Waals surface area contributed by atoms with Crippen LogP contribution in [0.25, 0.3) is 0 Å². The van der Waals surface area contributed by atoms with Gasteiger partial charge >= 0.3 is 0 Å². The summed E-state index contributed by atoms with van der Waals surface area (Å²) in [7, 11) is 0. The topological polar surface area (TPSA) is 6.48 Å². The Morgan fingerprint density at radius 2 is 0.944 bits per heavy atom. The molecule has 0 radical (unpaired) electrons. The van der Waals surface area contributed by atoms with Gasteiger partial charge < -0.3 is 0 Å². The van der Waals surface area contributed by atoms with Crippen LogP contribution in [0.1, 0.15) is 36.8 Å². The number of nitrogens with zero attached hydrogens (tertiary/aromatic N) is 2. The third kappa shape index (κ3) is 3.12. The molecule has 0 unspecified atom stereocenters. The van der Waals surface area contributed by atoms with Crippen molar-refractivity contribution in [2.24, 2.45) is 0 Å². The first-order valence-corrected chi connectivity index (χ1v) is 7.43. The molecule has 18 heavy (non-hydrogen) atoms. The molecule has 2 saturated heterocycles. The van der Waals surface area contributed by atoms with E-state index in [1.807, 2.05) is 0 Å². The van der Waals surface area contributed by atoms with Gasteiger partial charge in [-0.25, -0.2) is 0 Å². The summed E-state index contributed by atoms with van der Waals surface area (Å²) in [6, 6.07) is 9.29. The summed E-state index contributed by atoms with van der Waals surface area (Å²) in [4.78, 5) is 5.13. The van der Waals surface area contributed by atoms with Gasteiger partial charge in [0, 0.05) is 13.1 Å². The Kier molecular flexibility index (Phi) is 3.96. The van der Waals surface area contributed by atoms with Crippen molar-refractivity contribution in [2.45, 2.75) is 38.8 Å². The first kappa shape index (κ1) is 12.2. The van der Waals surface area contributed by atoms with Crippen LogP contribution in [-0.2, 0) is 13.1 Å². The number of rotatable bonds is 4. The fourth-order valence-electron chi connectivity index (χ4n) is 3.15. The molecular weight excluding hydrogens is 220 g/mol. The van der Waals surface area contributed by atoms with E-state index < -0.39 is 0 Å². The quantitative estimate of drug-likeness (QED) is 0.803. The zero-order valence-corrected chi connectivity index (χ0v) is 11.3. The summed E-state index contributed by atoms with van der Waals surface area (Å²) in [6.45, 7) is 7.43. The minimum absolute atomic E-state index is 1.14. The van der Waals surface area contributed by atoms with E-state index >= 15 is 0 Å². The predicted octanol–water partition coefficient (Wildman–Crippen LogP) is 2.88. The highest BCUT2D eigenvalue weighted by Gasteiger charge is 2.13. The Balaban J connectivity index is 1.54. The lowest BCUT2D eigenvalue weighted by atomic mass is 10.1. The Hall–Kier alpha value is -0.860. The molecule has 0 aliphatic carbocycles. The molecular formula is C16H24N2. The SMILES string of the molecule is c1cc(CN2CCCC2)ccc1CN1CCCC1. The van der Waals surface area contributed by atoms with Crippen LogP contribution in [0.3, 0.4) is 0 Å². The molecule has 2 fully saturated rings. The van der Waals surface area contributed by atoms with E-state index in [1.54, 1.807) is 0 Å². The van der Waals surface area contributed by atoms with Crippen LogP contribution in [0.5, 0.6) is 0 Å². The first-order chi connectivity index (χ1) is 8.90. The second-order valence-electron chi connectivity index (χ2n) is 5.78. The Bertz CT molecular complexity index is 322. The van der Waals surface area contributed by atoms with Crippen LogP contribution in [-0.4, -0.2) is 36.0 Å². The first-order valence-electron chi connectivity index (χ1n) is 7.43. The molecule has 0 aromatic heterocycles. The van der Waals surface area contributed by atoms with Gasteiger partial charge in [-0.2, -0.15) is 0 Å². The average Bonchev–Trinajstić information content (AvgIpc) is 3.05. The lowest BCUT2D eigenvalue weighted by molar-refractivity contribution is 0.328. The Morgan fingerprint density at radius 3 is 1.28 bits per heavy atom. The van der Waals surface area contributed by atoms with Gasteiger partial charge in [0.2, 0.25) is 0 Å². The van der Waals surface area contributed by atoms with Crippen molar-refractivity contribution >= 4 is 0 Å². The summed E-state index contributed by atoms with van der Waals surface area (Å²) in [5.74, 6) is 0. The second kappa shape index (κ2) is 5.85. The van der Waals surface area contributed by atoms with Crippen LogP contribution in [0.15, 0.2) is 24.3 Å². The molecule has 2 aliphatic heterocycles. The van der Waals surface area contributed by atoms with Gasteiger partial charge in [-0.3, -0.25) is 9.80 Å². The maximum atomic E-state index is 2.56. The molecule has 2 heterocycles. The van der Waals surface area contributed by atoms with Crippen molar-refractivity contribution in [1.82, 2.24) is 9.80 Å². The lowest BCUT2D eigenvalue weighted by Gasteiger charge is -2.16. The van der Waals surface area contributed by atoms with E-state index in [1.165, 1.54) is 63.0 Å². The van der Waals surface area contributed by atoms with Gasteiger partial charge in [0.1, 0.15) is 0 Å². The van der Waals surface area contributed by atoms with Gasteiger partial charge in [-0.1, -0.05) is 24.3 Å². The standard InChI is InChI=1S/C16H24N2/c1-2-10-17(9-1)13-15-5-7-16(8-6-15)14-18-11-3-4-12-18/h5-8H,1-4,9-14H2. The largest absolute Gasteiger partial charge is 0.299 e. The predicted molar refractivity (Wildman–Crippen MR) is 75.5 cm³/mol. The van der Waals surface area contributed by atoms with Gasteiger partial charge in [0.05, 0.1) is 0 Å². The fraction of sp³-hybridized carbons (Fsp3) is 0.625. The summed E-state index contributed by atoms with van der Waals surface area (Å²) in [5, 5.41) is 0. The summed E-state index contributed by atoms with van der Waals surface area (Å²) >= 11 is 0. The van der Waals surface area contributed by atoms with Crippen LogP contribution in [0, 0.1) is 0 Å². The molecule has 0 atom stereocenters. The van der Waals surface area contributed by atoms with Crippen LogP contribution in [0.2, 0.25) is 0 Å². The summed E-state index contributed by atoms with van der Waals surface area (Å²) in [5.41, 5.74) is 2.95. The minimum atomic E-state index is 1.14. The van der Waals surface area contributed by atoms with Crippen molar-refractivity contribution in [1.29, 1.82) is 0 Å². The molecule has 1 aromatic carbocycles.